The number of nitrogens with one attached hydrogen (secondary N) is 1. The molecule has 0 radical (unpaired) electrons. The van der Waals surface area contributed by atoms with Crippen molar-refractivity contribution in [1.82, 2.24) is 10.2 Å². The molecule has 4 heteroatoms. The Morgan fingerprint density at radius 2 is 1.46 bits per heavy atom. The van der Waals surface area contributed by atoms with E-state index in [9.17, 15) is 4.79 Å². The average molecular weight is 384 g/mol. The molecule has 0 saturated carbocycles. The Bertz CT molecular complexity index is 603. The summed E-state index contributed by atoms with van der Waals surface area (Å²) < 4.78 is 0. The first-order valence-corrected chi connectivity index (χ1v) is 10.9. The zero-order valence-corrected chi connectivity index (χ0v) is 17.6. The molecule has 28 heavy (non-hydrogen) atoms. The van der Waals surface area contributed by atoms with E-state index in [2.05, 4.69) is 52.7 Å². The van der Waals surface area contributed by atoms with Gasteiger partial charge in [-0.3, -0.25) is 9.69 Å². The molecule has 1 heterocycles. The predicted molar refractivity (Wildman–Crippen MR) is 117 cm³/mol. The second-order valence-electron chi connectivity index (χ2n) is 7.17. The minimum absolute atomic E-state index is 0.204. The third-order valence-corrected chi connectivity index (χ3v) is 4.85. The number of hydrogen-bond acceptors (Lipinski definition) is 3. The lowest BCUT2D eigenvalue weighted by molar-refractivity contribution is -0.123. The lowest BCUT2D eigenvalue weighted by atomic mass is 10.1. The molecule has 0 aromatic carbocycles. The van der Waals surface area contributed by atoms with E-state index in [0.29, 0.717) is 25.7 Å². The summed E-state index contributed by atoms with van der Waals surface area (Å²) in [6.07, 6.45) is 11.4. The first kappa shape index (κ1) is 24.1. The maximum atomic E-state index is 11.7. The largest absolute Gasteiger partial charge is 0.368 e. The van der Waals surface area contributed by atoms with Crippen LogP contribution in [-0.2, 0) is 4.79 Å². The molecule has 0 aromatic heterocycles. The summed E-state index contributed by atoms with van der Waals surface area (Å²) in [7, 11) is 0. The molecule has 0 aromatic rings. The van der Waals surface area contributed by atoms with Gasteiger partial charge in [-0.05, 0) is 12.8 Å². The Kier molecular flexibility index (Phi) is 14.8. The normalized spacial score (nSPS) is 14.6. The molecule has 4 nitrogen and oxygen atoms in total. The number of carbonyl (C=O) groups is 1. The van der Waals surface area contributed by atoms with Crippen molar-refractivity contribution in [3.8, 4) is 35.5 Å². The second kappa shape index (κ2) is 17.2. The standard InChI is InChI=1S/C24H37N3O/c1-2-3-4-5-6-7-8-9-10-11-12-13-14-15-16-17-18-23(24(25)28)27-21-19-26-20-22-27/h23,26H,2-8,11,14,17-22H2,1H3,(H2,25,28). The van der Waals surface area contributed by atoms with E-state index >= 15 is 0 Å². The fourth-order valence-corrected chi connectivity index (χ4v) is 3.22. The molecule has 1 saturated heterocycles. The maximum absolute atomic E-state index is 11.7. The van der Waals surface area contributed by atoms with Gasteiger partial charge in [-0.25, -0.2) is 0 Å². The number of nitrogens with two attached hydrogens (primary N) is 1. The summed E-state index contributed by atoms with van der Waals surface area (Å²) in [5, 5.41) is 3.29. The highest BCUT2D eigenvalue weighted by atomic mass is 16.1. The molecule has 1 fully saturated rings. The number of piperazine rings is 1. The molecule has 1 rings (SSSR count). The summed E-state index contributed by atoms with van der Waals surface area (Å²) in [4.78, 5) is 13.8. The van der Waals surface area contributed by atoms with Crippen LogP contribution in [0.25, 0.3) is 0 Å². The highest BCUT2D eigenvalue weighted by molar-refractivity contribution is 5.79. The van der Waals surface area contributed by atoms with Gasteiger partial charge in [-0.1, -0.05) is 62.7 Å². The average Bonchev–Trinajstić information content (AvgIpc) is 2.70. The molecular formula is C24H37N3O. The van der Waals surface area contributed by atoms with Gasteiger partial charge in [-0.15, -0.1) is 11.8 Å². The van der Waals surface area contributed by atoms with Crippen molar-refractivity contribution in [3.63, 3.8) is 0 Å². The van der Waals surface area contributed by atoms with E-state index in [4.69, 9.17) is 5.73 Å². The van der Waals surface area contributed by atoms with Crippen molar-refractivity contribution in [1.29, 1.82) is 0 Å². The zero-order chi connectivity index (χ0) is 20.3. The van der Waals surface area contributed by atoms with Crippen molar-refractivity contribution in [3.05, 3.63) is 0 Å². The lowest BCUT2D eigenvalue weighted by Crippen LogP contribution is -2.52. The quantitative estimate of drug-likeness (QED) is 0.450. The van der Waals surface area contributed by atoms with Crippen LogP contribution in [0.2, 0.25) is 0 Å². The van der Waals surface area contributed by atoms with Crippen LogP contribution >= 0.6 is 0 Å². The minimum Gasteiger partial charge on any atom is -0.368 e. The number of carbonyl (C=O) groups excluding carboxylic acids is 1. The highest BCUT2D eigenvalue weighted by Crippen LogP contribution is 2.08. The summed E-state index contributed by atoms with van der Waals surface area (Å²) in [5.74, 6) is 18.4. The Morgan fingerprint density at radius 3 is 2.11 bits per heavy atom. The molecule has 1 atom stereocenters. The molecule has 1 aliphatic rings. The van der Waals surface area contributed by atoms with Crippen LogP contribution in [0.4, 0.5) is 0 Å². The van der Waals surface area contributed by atoms with Gasteiger partial charge < -0.3 is 11.1 Å². The Labute approximate surface area is 172 Å². The number of hydrogen-bond donors (Lipinski definition) is 2. The topological polar surface area (TPSA) is 58.4 Å². The van der Waals surface area contributed by atoms with E-state index in [1.165, 1.54) is 38.5 Å². The van der Waals surface area contributed by atoms with Gasteiger partial charge in [0.05, 0.1) is 18.9 Å². The van der Waals surface area contributed by atoms with Gasteiger partial charge in [0.2, 0.25) is 5.91 Å². The first-order chi connectivity index (χ1) is 13.8. The van der Waals surface area contributed by atoms with Crippen molar-refractivity contribution in [2.45, 2.75) is 83.6 Å². The smallest absolute Gasteiger partial charge is 0.234 e. The van der Waals surface area contributed by atoms with Crippen molar-refractivity contribution in [2.75, 3.05) is 26.2 Å². The van der Waals surface area contributed by atoms with Gasteiger partial charge >= 0.3 is 0 Å². The Balaban J connectivity index is 2.10. The van der Waals surface area contributed by atoms with Crippen LogP contribution in [0, 0.1) is 35.5 Å². The number of unbranched alkanes of at least 4 members (excludes halogenated alkanes) is 6. The van der Waals surface area contributed by atoms with E-state index in [1.807, 2.05) is 0 Å². The van der Waals surface area contributed by atoms with Crippen molar-refractivity contribution >= 4 is 5.91 Å². The van der Waals surface area contributed by atoms with E-state index in [1.54, 1.807) is 0 Å². The van der Waals surface area contributed by atoms with Crippen LogP contribution in [0.15, 0.2) is 0 Å². The predicted octanol–water partition coefficient (Wildman–Crippen LogP) is 3.07. The number of primary amides is 1. The molecule has 1 unspecified atom stereocenters. The lowest BCUT2D eigenvalue weighted by Gasteiger charge is -2.32. The van der Waals surface area contributed by atoms with Crippen LogP contribution < -0.4 is 11.1 Å². The SMILES string of the molecule is CCCCCCCCC#CCC#CCC#CCCC(C(N)=O)N1CCNCC1. The Morgan fingerprint density at radius 1 is 0.893 bits per heavy atom. The summed E-state index contributed by atoms with van der Waals surface area (Å²) in [6, 6.07) is -0.204. The molecule has 1 amide bonds. The third kappa shape index (κ3) is 12.5. The summed E-state index contributed by atoms with van der Waals surface area (Å²) >= 11 is 0. The van der Waals surface area contributed by atoms with Gasteiger partial charge in [0, 0.05) is 39.0 Å². The van der Waals surface area contributed by atoms with Gasteiger partial charge in [0.25, 0.3) is 0 Å². The highest BCUT2D eigenvalue weighted by Gasteiger charge is 2.24. The van der Waals surface area contributed by atoms with Gasteiger partial charge in [0.15, 0.2) is 0 Å². The summed E-state index contributed by atoms with van der Waals surface area (Å²) in [5.41, 5.74) is 5.55. The van der Waals surface area contributed by atoms with Crippen molar-refractivity contribution < 1.29 is 4.79 Å². The van der Waals surface area contributed by atoms with Crippen LogP contribution in [0.3, 0.4) is 0 Å². The number of nitrogens with zero attached hydrogens (tertiary/aromatic N) is 1. The fraction of sp³-hybridized carbons (Fsp3) is 0.708. The molecular weight excluding hydrogens is 346 g/mol. The van der Waals surface area contributed by atoms with Crippen molar-refractivity contribution in [2.24, 2.45) is 5.73 Å². The Hall–Kier alpha value is -1.93. The van der Waals surface area contributed by atoms with E-state index < -0.39 is 0 Å². The molecule has 0 bridgehead atoms. The third-order valence-electron chi connectivity index (χ3n) is 4.85. The van der Waals surface area contributed by atoms with E-state index in [0.717, 1.165) is 32.6 Å². The van der Waals surface area contributed by atoms with E-state index in [-0.39, 0.29) is 11.9 Å². The van der Waals surface area contributed by atoms with Gasteiger partial charge in [0.1, 0.15) is 0 Å². The number of rotatable bonds is 10. The zero-order valence-electron chi connectivity index (χ0n) is 17.6. The van der Waals surface area contributed by atoms with Crippen LogP contribution in [-0.4, -0.2) is 43.0 Å². The molecule has 0 aliphatic carbocycles. The van der Waals surface area contributed by atoms with Gasteiger partial charge in [-0.2, -0.15) is 0 Å². The second-order valence-corrected chi connectivity index (χ2v) is 7.17. The summed E-state index contributed by atoms with van der Waals surface area (Å²) in [6.45, 7) is 5.80. The minimum atomic E-state index is -0.247. The maximum Gasteiger partial charge on any atom is 0.234 e. The monoisotopic (exact) mass is 383 g/mol. The number of amides is 1. The molecule has 1 aliphatic heterocycles. The molecule has 0 spiro atoms. The van der Waals surface area contributed by atoms with Crippen LogP contribution in [0.5, 0.6) is 0 Å². The fourth-order valence-electron chi connectivity index (χ4n) is 3.22. The molecule has 3 N–H and O–H groups in total. The van der Waals surface area contributed by atoms with Crippen LogP contribution in [0.1, 0.15) is 77.6 Å². The first-order valence-electron chi connectivity index (χ1n) is 10.9. The molecule has 154 valence electrons.